The number of anilines is 1. The summed E-state index contributed by atoms with van der Waals surface area (Å²) in [6.07, 6.45) is 3.83. The molecule has 0 aromatic heterocycles. The summed E-state index contributed by atoms with van der Waals surface area (Å²) in [5, 5.41) is 2.62. The van der Waals surface area contributed by atoms with Gasteiger partial charge in [-0.15, -0.1) is 0 Å². The Labute approximate surface area is 172 Å². The summed E-state index contributed by atoms with van der Waals surface area (Å²) in [5.74, 6) is 0.763. The first-order valence-electron chi connectivity index (χ1n) is 9.11. The Morgan fingerprint density at radius 3 is 2.52 bits per heavy atom. The second-order valence-electron chi connectivity index (χ2n) is 6.36. The van der Waals surface area contributed by atoms with E-state index in [0.29, 0.717) is 18.1 Å². The van der Waals surface area contributed by atoms with Crippen LogP contribution in [0.3, 0.4) is 0 Å². The first-order chi connectivity index (χ1) is 13.8. The molecule has 0 atom stereocenters. The molecule has 1 amide bonds. The molecule has 2 aromatic carbocycles. The number of rotatable bonds is 9. The molecular formula is C21H26N2O5S. The molecule has 0 bridgehead atoms. The number of hydrogen-bond acceptors (Lipinski definition) is 5. The Morgan fingerprint density at radius 2 is 1.86 bits per heavy atom. The van der Waals surface area contributed by atoms with Crippen molar-refractivity contribution in [1.82, 2.24) is 4.31 Å². The maximum Gasteiger partial charge on any atom is 0.248 e. The number of carbonyl (C=O) groups excluding carboxylic acids is 1. The Kier molecular flexibility index (Phi) is 7.81. The van der Waals surface area contributed by atoms with E-state index in [2.05, 4.69) is 5.32 Å². The molecule has 0 radical (unpaired) electrons. The molecule has 2 aromatic rings. The third-order valence-electron chi connectivity index (χ3n) is 3.98. The Hall–Kier alpha value is -2.84. The quantitative estimate of drug-likeness (QED) is 0.631. The fraction of sp³-hybridized carbons (Fsp3) is 0.286. The number of benzene rings is 2. The van der Waals surface area contributed by atoms with Gasteiger partial charge < -0.3 is 14.8 Å². The average Bonchev–Trinajstić information content (AvgIpc) is 2.71. The minimum atomic E-state index is -3.68. The lowest BCUT2D eigenvalue weighted by atomic mass is 10.2. The van der Waals surface area contributed by atoms with Crippen molar-refractivity contribution in [1.29, 1.82) is 0 Å². The monoisotopic (exact) mass is 418 g/mol. The van der Waals surface area contributed by atoms with E-state index in [1.165, 1.54) is 26.2 Å². The lowest BCUT2D eigenvalue weighted by molar-refractivity contribution is -0.111. The van der Waals surface area contributed by atoms with E-state index in [-0.39, 0.29) is 10.6 Å². The van der Waals surface area contributed by atoms with Crippen LogP contribution >= 0.6 is 0 Å². The van der Waals surface area contributed by atoms with Gasteiger partial charge >= 0.3 is 0 Å². The van der Waals surface area contributed by atoms with E-state index >= 15 is 0 Å². The summed E-state index contributed by atoms with van der Waals surface area (Å²) in [4.78, 5) is 12.4. The van der Waals surface area contributed by atoms with Crippen LogP contribution in [0, 0.1) is 0 Å². The Morgan fingerprint density at radius 1 is 1.14 bits per heavy atom. The minimum Gasteiger partial charge on any atom is -0.493 e. The number of carbonyl (C=O) groups is 1. The van der Waals surface area contributed by atoms with E-state index in [1.807, 2.05) is 13.0 Å². The minimum absolute atomic E-state index is 0.0332. The summed E-state index contributed by atoms with van der Waals surface area (Å²) >= 11 is 0. The highest BCUT2D eigenvalue weighted by atomic mass is 32.2. The van der Waals surface area contributed by atoms with Crippen LogP contribution in [0.15, 0.2) is 53.4 Å². The Bertz CT molecular complexity index is 984. The molecule has 2 rings (SSSR count). The molecule has 0 spiro atoms. The van der Waals surface area contributed by atoms with Crippen LogP contribution in [-0.2, 0) is 14.8 Å². The van der Waals surface area contributed by atoms with Crippen molar-refractivity contribution in [3.8, 4) is 11.5 Å². The highest BCUT2D eigenvalue weighted by molar-refractivity contribution is 7.89. The highest BCUT2D eigenvalue weighted by Crippen LogP contribution is 2.29. The van der Waals surface area contributed by atoms with E-state index in [0.717, 1.165) is 16.3 Å². The van der Waals surface area contributed by atoms with Crippen molar-refractivity contribution in [2.45, 2.75) is 18.2 Å². The van der Waals surface area contributed by atoms with Crippen molar-refractivity contribution < 1.29 is 22.7 Å². The van der Waals surface area contributed by atoms with Crippen LogP contribution in [0.2, 0.25) is 0 Å². The topological polar surface area (TPSA) is 84.9 Å². The largest absolute Gasteiger partial charge is 0.493 e. The number of ether oxygens (including phenoxy) is 2. The molecule has 0 aliphatic heterocycles. The summed E-state index contributed by atoms with van der Waals surface area (Å²) in [6, 6.07) is 11.6. The first-order valence-corrected chi connectivity index (χ1v) is 10.5. The number of sulfonamides is 1. The number of hydrogen-bond donors (Lipinski definition) is 1. The van der Waals surface area contributed by atoms with E-state index in [9.17, 15) is 13.2 Å². The third-order valence-corrected chi connectivity index (χ3v) is 5.85. The van der Waals surface area contributed by atoms with Crippen molar-refractivity contribution >= 4 is 27.7 Å². The number of nitrogens with one attached hydrogen (secondary N) is 1. The zero-order valence-corrected chi connectivity index (χ0v) is 17.8. The molecule has 29 heavy (non-hydrogen) atoms. The summed E-state index contributed by atoms with van der Waals surface area (Å²) in [6.45, 7) is 2.60. The molecule has 0 unspecified atom stereocenters. The molecule has 0 saturated heterocycles. The van der Waals surface area contributed by atoms with Crippen molar-refractivity contribution in [2.24, 2.45) is 0 Å². The predicted molar refractivity (Wildman–Crippen MR) is 114 cm³/mol. The van der Waals surface area contributed by atoms with Crippen LogP contribution in [0.1, 0.15) is 18.9 Å². The average molecular weight is 419 g/mol. The maximum absolute atomic E-state index is 12.4. The lowest BCUT2D eigenvalue weighted by Crippen LogP contribution is -2.24. The molecule has 8 heteroatoms. The van der Waals surface area contributed by atoms with Gasteiger partial charge in [-0.3, -0.25) is 4.79 Å². The van der Waals surface area contributed by atoms with E-state index in [4.69, 9.17) is 9.47 Å². The second kappa shape index (κ2) is 10.1. The molecule has 0 aliphatic carbocycles. The van der Waals surface area contributed by atoms with Crippen LogP contribution in [0.25, 0.3) is 6.08 Å². The number of para-hydroxylation sites is 1. The van der Waals surface area contributed by atoms with Gasteiger partial charge in [-0.25, -0.2) is 12.7 Å². The molecule has 0 fully saturated rings. The SMILES string of the molecule is CCCOc1ccc(/C=C/C(=O)Nc2ccccc2S(=O)(=O)N(C)C)cc1OC. The van der Waals surface area contributed by atoms with Crippen LogP contribution < -0.4 is 14.8 Å². The molecule has 0 heterocycles. The van der Waals surface area contributed by atoms with Gasteiger partial charge in [-0.2, -0.15) is 0 Å². The van der Waals surface area contributed by atoms with Crippen LogP contribution in [-0.4, -0.2) is 46.4 Å². The van der Waals surface area contributed by atoms with E-state index in [1.54, 1.807) is 43.5 Å². The number of nitrogens with zero attached hydrogens (tertiary/aromatic N) is 1. The fourth-order valence-electron chi connectivity index (χ4n) is 2.46. The van der Waals surface area contributed by atoms with Gasteiger partial charge in [0.15, 0.2) is 11.5 Å². The zero-order valence-electron chi connectivity index (χ0n) is 17.0. The lowest BCUT2D eigenvalue weighted by Gasteiger charge is -2.15. The van der Waals surface area contributed by atoms with Gasteiger partial charge in [0.05, 0.1) is 19.4 Å². The summed E-state index contributed by atoms with van der Waals surface area (Å²) in [7, 11) is 0.754. The number of amides is 1. The molecule has 0 aliphatic rings. The van der Waals surface area contributed by atoms with Gasteiger partial charge in [-0.1, -0.05) is 25.1 Å². The fourth-order valence-corrected chi connectivity index (χ4v) is 3.50. The van der Waals surface area contributed by atoms with Crippen LogP contribution in [0.4, 0.5) is 5.69 Å². The van der Waals surface area contributed by atoms with Gasteiger partial charge in [0.2, 0.25) is 15.9 Å². The normalized spacial score (nSPS) is 11.6. The van der Waals surface area contributed by atoms with Crippen LogP contribution in [0.5, 0.6) is 11.5 Å². The third kappa shape index (κ3) is 5.82. The van der Waals surface area contributed by atoms with Gasteiger partial charge in [0.25, 0.3) is 0 Å². The molecule has 7 nitrogen and oxygen atoms in total. The van der Waals surface area contributed by atoms with Gasteiger partial charge in [0.1, 0.15) is 4.90 Å². The van der Waals surface area contributed by atoms with Crippen molar-refractivity contribution in [2.75, 3.05) is 33.1 Å². The molecular weight excluding hydrogens is 392 g/mol. The standard InChI is InChI=1S/C21H26N2O5S/c1-5-14-28-18-12-10-16(15-19(18)27-4)11-13-21(24)22-17-8-6-7-9-20(17)29(25,26)23(2)3/h6-13,15H,5,14H2,1-4H3,(H,22,24)/b13-11+. The zero-order chi connectivity index (χ0) is 21.4. The van der Waals surface area contributed by atoms with Gasteiger partial charge in [-0.05, 0) is 42.3 Å². The molecule has 1 N–H and O–H groups in total. The Balaban J connectivity index is 2.17. The summed E-state index contributed by atoms with van der Waals surface area (Å²) in [5.41, 5.74) is 0.965. The smallest absolute Gasteiger partial charge is 0.248 e. The maximum atomic E-state index is 12.4. The van der Waals surface area contributed by atoms with Crippen molar-refractivity contribution in [3.63, 3.8) is 0 Å². The summed E-state index contributed by atoms with van der Waals surface area (Å²) < 4.78 is 36.9. The van der Waals surface area contributed by atoms with E-state index < -0.39 is 15.9 Å². The molecule has 156 valence electrons. The second-order valence-corrected chi connectivity index (χ2v) is 8.49. The predicted octanol–water partition coefficient (Wildman–Crippen LogP) is 3.39. The number of methoxy groups -OCH3 is 1. The highest BCUT2D eigenvalue weighted by Gasteiger charge is 2.21. The molecule has 0 saturated carbocycles. The van der Waals surface area contributed by atoms with Gasteiger partial charge in [0, 0.05) is 20.2 Å². The first kappa shape index (κ1) is 22.4. The van der Waals surface area contributed by atoms with Crippen molar-refractivity contribution in [3.05, 3.63) is 54.1 Å².